The number of halogens is 1. The van der Waals surface area contributed by atoms with E-state index in [9.17, 15) is 0 Å². The highest BCUT2D eigenvalue weighted by Gasteiger charge is 2.05. The molecule has 0 aliphatic heterocycles. The molecule has 94 valence electrons. The number of nitrogens with zero attached hydrogens (tertiary/aromatic N) is 2. The van der Waals surface area contributed by atoms with E-state index in [0.29, 0.717) is 5.82 Å². The van der Waals surface area contributed by atoms with Crippen LogP contribution in [0, 0.1) is 6.92 Å². The number of rotatable bonds is 3. The molecule has 0 bridgehead atoms. The van der Waals surface area contributed by atoms with Gasteiger partial charge in [-0.2, -0.15) is 4.98 Å². The van der Waals surface area contributed by atoms with E-state index in [4.69, 9.17) is 10.5 Å². The average Bonchev–Trinajstić information content (AvgIpc) is 2.36. The standard InChI is InChI=1S/C12H13BrN4O/c1-7-6-15-12(14)17-11(7)16-8-3-4-9(13)10(5-8)18-2/h3-6H,1-2H3,(H3,14,15,16,17). The first kappa shape index (κ1) is 12.6. The van der Waals surface area contributed by atoms with Gasteiger partial charge in [0, 0.05) is 23.5 Å². The van der Waals surface area contributed by atoms with Crippen molar-refractivity contribution in [2.24, 2.45) is 0 Å². The lowest BCUT2D eigenvalue weighted by Crippen LogP contribution is -2.02. The monoisotopic (exact) mass is 308 g/mol. The molecular weight excluding hydrogens is 296 g/mol. The number of nitrogen functional groups attached to an aromatic ring is 1. The third kappa shape index (κ3) is 2.70. The fourth-order valence-electron chi connectivity index (χ4n) is 1.46. The third-order valence-corrected chi connectivity index (χ3v) is 3.06. The van der Waals surface area contributed by atoms with Crippen LogP contribution in [0.4, 0.5) is 17.5 Å². The molecule has 0 fully saturated rings. The van der Waals surface area contributed by atoms with Gasteiger partial charge >= 0.3 is 0 Å². The minimum absolute atomic E-state index is 0.243. The number of nitrogens with two attached hydrogens (primary N) is 1. The molecule has 18 heavy (non-hydrogen) atoms. The quantitative estimate of drug-likeness (QED) is 0.912. The number of ether oxygens (including phenoxy) is 1. The van der Waals surface area contributed by atoms with Gasteiger partial charge in [0.1, 0.15) is 11.6 Å². The second kappa shape index (κ2) is 5.22. The maximum atomic E-state index is 5.57. The van der Waals surface area contributed by atoms with Gasteiger partial charge in [0.25, 0.3) is 0 Å². The van der Waals surface area contributed by atoms with Crippen molar-refractivity contribution < 1.29 is 4.74 Å². The van der Waals surface area contributed by atoms with E-state index in [0.717, 1.165) is 21.5 Å². The number of hydrogen-bond acceptors (Lipinski definition) is 5. The van der Waals surface area contributed by atoms with Gasteiger partial charge in [0.05, 0.1) is 11.6 Å². The summed E-state index contributed by atoms with van der Waals surface area (Å²) in [5, 5.41) is 3.18. The molecule has 2 aromatic rings. The van der Waals surface area contributed by atoms with E-state index in [-0.39, 0.29) is 5.95 Å². The molecule has 0 aliphatic rings. The molecule has 0 unspecified atom stereocenters. The van der Waals surface area contributed by atoms with Crippen LogP contribution in [0.2, 0.25) is 0 Å². The highest BCUT2D eigenvalue weighted by atomic mass is 79.9. The average molecular weight is 309 g/mol. The molecule has 0 saturated heterocycles. The summed E-state index contributed by atoms with van der Waals surface area (Å²) < 4.78 is 6.13. The lowest BCUT2D eigenvalue weighted by atomic mass is 10.3. The van der Waals surface area contributed by atoms with Crippen molar-refractivity contribution in [2.75, 3.05) is 18.2 Å². The van der Waals surface area contributed by atoms with Crippen LogP contribution in [0.25, 0.3) is 0 Å². The number of benzene rings is 1. The molecule has 1 heterocycles. The first-order valence-electron chi connectivity index (χ1n) is 5.30. The SMILES string of the molecule is COc1cc(Nc2nc(N)ncc2C)ccc1Br. The van der Waals surface area contributed by atoms with Crippen molar-refractivity contribution in [1.82, 2.24) is 9.97 Å². The predicted molar refractivity (Wildman–Crippen MR) is 75.2 cm³/mol. The molecule has 6 heteroatoms. The van der Waals surface area contributed by atoms with Gasteiger partial charge in [-0.25, -0.2) is 4.98 Å². The second-order valence-electron chi connectivity index (χ2n) is 3.73. The highest BCUT2D eigenvalue weighted by molar-refractivity contribution is 9.10. The second-order valence-corrected chi connectivity index (χ2v) is 4.59. The summed E-state index contributed by atoms with van der Waals surface area (Å²) in [4.78, 5) is 8.07. The van der Waals surface area contributed by atoms with Crippen LogP contribution in [0.15, 0.2) is 28.9 Å². The first-order valence-corrected chi connectivity index (χ1v) is 6.09. The molecule has 0 aliphatic carbocycles. The fraction of sp³-hybridized carbons (Fsp3) is 0.167. The Morgan fingerprint density at radius 2 is 2.17 bits per heavy atom. The Balaban J connectivity index is 2.31. The van der Waals surface area contributed by atoms with Crippen molar-refractivity contribution in [2.45, 2.75) is 6.92 Å². The molecule has 0 radical (unpaired) electrons. The fourth-order valence-corrected chi connectivity index (χ4v) is 1.86. The normalized spacial score (nSPS) is 10.2. The Bertz CT molecular complexity index is 574. The lowest BCUT2D eigenvalue weighted by molar-refractivity contribution is 0.412. The first-order chi connectivity index (χ1) is 8.60. The smallest absolute Gasteiger partial charge is 0.221 e. The van der Waals surface area contributed by atoms with Crippen LogP contribution in [-0.4, -0.2) is 17.1 Å². The Kier molecular flexibility index (Phi) is 3.66. The number of aryl methyl sites for hydroxylation is 1. The van der Waals surface area contributed by atoms with E-state index in [1.165, 1.54) is 0 Å². The molecule has 0 amide bonds. The van der Waals surface area contributed by atoms with Gasteiger partial charge in [-0.3, -0.25) is 0 Å². The number of nitrogens with one attached hydrogen (secondary N) is 1. The zero-order valence-electron chi connectivity index (χ0n) is 10.1. The van der Waals surface area contributed by atoms with Crippen molar-refractivity contribution in [3.05, 3.63) is 34.4 Å². The number of anilines is 3. The van der Waals surface area contributed by atoms with Crippen LogP contribution in [-0.2, 0) is 0 Å². The van der Waals surface area contributed by atoms with E-state index in [1.54, 1.807) is 13.3 Å². The van der Waals surface area contributed by atoms with E-state index < -0.39 is 0 Å². The van der Waals surface area contributed by atoms with Gasteiger partial charge < -0.3 is 15.8 Å². The zero-order valence-corrected chi connectivity index (χ0v) is 11.7. The Hall–Kier alpha value is -1.82. The molecule has 3 N–H and O–H groups in total. The van der Waals surface area contributed by atoms with Gasteiger partial charge in [-0.15, -0.1) is 0 Å². The summed E-state index contributed by atoms with van der Waals surface area (Å²) in [6, 6.07) is 5.70. The lowest BCUT2D eigenvalue weighted by Gasteiger charge is -2.10. The molecular formula is C12H13BrN4O. The Morgan fingerprint density at radius 3 is 2.89 bits per heavy atom. The van der Waals surface area contributed by atoms with Crippen molar-refractivity contribution in [3.8, 4) is 5.75 Å². The molecule has 1 aromatic heterocycles. The summed E-state index contributed by atoms with van der Waals surface area (Å²) in [6.45, 7) is 1.91. The van der Waals surface area contributed by atoms with Crippen LogP contribution in [0.3, 0.4) is 0 Å². The number of hydrogen-bond donors (Lipinski definition) is 2. The minimum atomic E-state index is 0.243. The number of aromatic nitrogens is 2. The van der Waals surface area contributed by atoms with Gasteiger partial charge in [-0.1, -0.05) is 0 Å². The summed E-state index contributed by atoms with van der Waals surface area (Å²) in [7, 11) is 1.62. The Morgan fingerprint density at radius 1 is 1.39 bits per heavy atom. The van der Waals surface area contributed by atoms with Gasteiger partial charge in [0.15, 0.2) is 0 Å². The van der Waals surface area contributed by atoms with Crippen molar-refractivity contribution >= 4 is 33.4 Å². The maximum absolute atomic E-state index is 5.57. The minimum Gasteiger partial charge on any atom is -0.495 e. The van der Waals surface area contributed by atoms with Crippen LogP contribution >= 0.6 is 15.9 Å². The molecule has 0 spiro atoms. The van der Waals surface area contributed by atoms with E-state index in [2.05, 4.69) is 31.2 Å². The summed E-state index contributed by atoms with van der Waals surface area (Å²) in [5.41, 5.74) is 7.36. The van der Waals surface area contributed by atoms with Crippen molar-refractivity contribution in [1.29, 1.82) is 0 Å². The summed E-state index contributed by atoms with van der Waals surface area (Å²) >= 11 is 3.40. The molecule has 2 rings (SSSR count). The molecule has 1 aromatic carbocycles. The predicted octanol–water partition coefficient (Wildman–Crippen LogP) is 2.88. The summed E-state index contributed by atoms with van der Waals surface area (Å²) in [5.74, 6) is 1.68. The van der Waals surface area contributed by atoms with Crippen LogP contribution in [0.5, 0.6) is 5.75 Å². The van der Waals surface area contributed by atoms with E-state index >= 15 is 0 Å². The number of methoxy groups -OCH3 is 1. The van der Waals surface area contributed by atoms with Gasteiger partial charge in [0.2, 0.25) is 5.95 Å². The van der Waals surface area contributed by atoms with Crippen LogP contribution in [0.1, 0.15) is 5.56 Å². The van der Waals surface area contributed by atoms with Crippen molar-refractivity contribution in [3.63, 3.8) is 0 Å². The topological polar surface area (TPSA) is 73.1 Å². The van der Waals surface area contributed by atoms with Gasteiger partial charge in [-0.05, 0) is 35.0 Å². The highest BCUT2D eigenvalue weighted by Crippen LogP contribution is 2.29. The van der Waals surface area contributed by atoms with E-state index in [1.807, 2.05) is 25.1 Å². The zero-order chi connectivity index (χ0) is 13.1. The molecule has 0 atom stereocenters. The third-order valence-electron chi connectivity index (χ3n) is 2.40. The maximum Gasteiger partial charge on any atom is 0.221 e. The molecule has 0 saturated carbocycles. The Labute approximate surface area is 114 Å². The van der Waals surface area contributed by atoms with Crippen LogP contribution < -0.4 is 15.8 Å². The summed E-state index contributed by atoms with van der Waals surface area (Å²) in [6.07, 6.45) is 1.68. The largest absolute Gasteiger partial charge is 0.495 e. The molecule has 5 nitrogen and oxygen atoms in total.